The largest absolute Gasteiger partial charge is 0.340 e. The second kappa shape index (κ2) is 7.39. The van der Waals surface area contributed by atoms with Crippen molar-refractivity contribution in [3.05, 3.63) is 0 Å². The number of hydrogen-bond acceptors (Lipinski definition) is 3. The molecule has 2 aliphatic heterocycles. The normalized spacial score (nSPS) is 29.6. The van der Waals surface area contributed by atoms with E-state index in [0.717, 1.165) is 38.9 Å². The first-order chi connectivity index (χ1) is 8.81. The first-order valence-electron chi connectivity index (χ1n) is 7.45. The maximum Gasteiger partial charge on any atom is 0.239 e. The molecule has 1 N–H and O–H groups in total. The summed E-state index contributed by atoms with van der Waals surface area (Å²) >= 11 is 2.06. The molecule has 2 saturated heterocycles. The number of hydrogen-bond donors (Lipinski definition) is 1. The van der Waals surface area contributed by atoms with Crippen LogP contribution in [0.15, 0.2) is 0 Å². The quantitative estimate of drug-likeness (QED) is 0.832. The highest BCUT2D eigenvalue weighted by molar-refractivity contribution is 7.99. The van der Waals surface area contributed by atoms with Crippen molar-refractivity contribution in [2.75, 3.05) is 25.4 Å². The Bertz CT molecular complexity index is 267. The van der Waals surface area contributed by atoms with Crippen molar-refractivity contribution in [1.29, 1.82) is 0 Å². The zero-order valence-electron chi connectivity index (χ0n) is 11.5. The summed E-state index contributed by atoms with van der Waals surface area (Å²) in [6.45, 7) is 5.06. The lowest BCUT2D eigenvalue weighted by Crippen LogP contribution is -2.52. The van der Waals surface area contributed by atoms with Gasteiger partial charge in [0, 0.05) is 18.3 Å². The molecule has 0 saturated carbocycles. The molecule has 0 aliphatic carbocycles. The molecule has 2 atom stereocenters. The maximum atomic E-state index is 12.4. The highest BCUT2D eigenvalue weighted by Crippen LogP contribution is 2.26. The molecule has 2 fully saturated rings. The van der Waals surface area contributed by atoms with Gasteiger partial charge in [0.1, 0.15) is 0 Å². The van der Waals surface area contributed by atoms with E-state index < -0.39 is 0 Å². The van der Waals surface area contributed by atoms with Gasteiger partial charge in [0.25, 0.3) is 0 Å². The minimum Gasteiger partial charge on any atom is -0.340 e. The van der Waals surface area contributed by atoms with Gasteiger partial charge in [0.05, 0.1) is 6.04 Å². The number of thioether (sulfide) groups is 1. The fourth-order valence-corrected chi connectivity index (χ4v) is 4.15. The van der Waals surface area contributed by atoms with Gasteiger partial charge in [0.15, 0.2) is 0 Å². The average Bonchev–Trinajstić information content (AvgIpc) is 2.41. The van der Waals surface area contributed by atoms with E-state index in [9.17, 15) is 4.79 Å². The number of piperidine rings is 1. The van der Waals surface area contributed by atoms with E-state index in [4.69, 9.17) is 0 Å². The molecule has 2 unspecified atom stereocenters. The SMILES string of the molecule is CCCNC1CCCN(CC2CCCCS2)C1=O. The lowest BCUT2D eigenvalue weighted by atomic mass is 10.0. The Balaban J connectivity index is 1.81. The summed E-state index contributed by atoms with van der Waals surface area (Å²) in [6.07, 6.45) is 7.27. The third kappa shape index (κ3) is 3.89. The molecule has 0 aromatic heterocycles. The molecule has 0 bridgehead atoms. The van der Waals surface area contributed by atoms with Gasteiger partial charge in [0.2, 0.25) is 5.91 Å². The van der Waals surface area contributed by atoms with E-state index in [1.165, 1.54) is 25.0 Å². The van der Waals surface area contributed by atoms with Crippen molar-refractivity contribution in [1.82, 2.24) is 10.2 Å². The number of carbonyl (C=O) groups is 1. The highest BCUT2D eigenvalue weighted by atomic mass is 32.2. The summed E-state index contributed by atoms with van der Waals surface area (Å²) < 4.78 is 0. The first kappa shape index (κ1) is 14.2. The maximum absolute atomic E-state index is 12.4. The molecular formula is C14H26N2OS. The van der Waals surface area contributed by atoms with Crippen molar-refractivity contribution in [3.63, 3.8) is 0 Å². The second-order valence-corrected chi connectivity index (χ2v) is 6.83. The Morgan fingerprint density at radius 1 is 1.33 bits per heavy atom. The minimum absolute atomic E-state index is 0.0901. The van der Waals surface area contributed by atoms with E-state index in [2.05, 4.69) is 28.9 Å². The molecule has 2 heterocycles. The molecule has 0 aromatic carbocycles. The lowest BCUT2D eigenvalue weighted by molar-refractivity contribution is -0.135. The Morgan fingerprint density at radius 3 is 2.94 bits per heavy atom. The summed E-state index contributed by atoms with van der Waals surface area (Å²) in [6, 6.07) is 0.0901. The molecule has 18 heavy (non-hydrogen) atoms. The summed E-state index contributed by atoms with van der Waals surface area (Å²) in [7, 11) is 0. The predicted octanol–water partition coefficient (Wildman–Crippen LogP) is 2.26. The molecular weight excluding hydrogens is 244 g/mol. The van der Waals surface area contributed by atoms with Crippen LogP contribution < -0.4 is 5.32 Å². The third-order valence-electron chi connectivity index (χ3n) is 3.87. The first-order valence-corrected chi connectivity index (χ1v) is 8.50. The summed E-state index contributed by atoms with van der Waals surface area (Å²) in [4.78, 5) is 14.5. The molecule has 4 heteroatoms. The zero-order chi connectivity index (χ0) is 12.8. The molecule has 2 rings (SSSR count). The van der Waals surface area contributed by atoms with Crippen molar-refractivity contribution in [3.8, 4) is 0 Å². The number of nitrogens with zero attached hydrogens (tertiary/aromatic N) is 1. The van der Waals surface area contributed by atoms with Crippen LogP contribution in [0.1, 0.15) is 45.4 Å². The Hall–Kier alpha value is -0.220. The van der Waals surface area contributed by atoms with E-state index in [1.54, 1.807) is 0 Å². The molecule has 1 amide bonds. The van der Waals surface area contributed by atoms with Gasteiger partial charge in [-0.25, -0.2) is 0 Å². The van der Waals surface area contributed by atoms with Gasteiger partial charge in [-0.3, -0.25) is 4.79 Å². The van der Waals surface area contributed by atoms with Crippen LogP contribution >= 0.6 is 11.8 Å². The smallest absolute Gasteiger partial charge is 0.239 e. The number of likely N-dealkylation sites (tertiary alicyclic amines) is 1. The van der Waals surface area contributed by atoms with Crippen LogP contribution in [0.4, 0.5) is 0 Å². The van der Waals surface area contributed by atoms with Crippen LogP contribution in [0, 0.1) is 0 Å². The number of nitrogens with one attached hydrogen (secondary N) is 1. The molecule has 0 spiro atoms. The molecule has 0 radical (unpaired) electrons. The predicted molar refractivity (Wildman–Crippen MR) is 78.0 cm³/mol. The second-order valence-electron chi connectivity index (χ2n) is 5.42. The van der Waals surface area contributed by atoms with Crippen molar-refractivity contribution < 1.29 is 4.79 Å². The van der Waals surface area contributed by atoms with Gasteiger partial charge in [-0.05, 0) is 44.4 Å². The monoisotopic (exact) mass is 270 g/mol. The van der Waals surface area contributed by atoms with Crippen molar-refractivity contribution >= 4 is 17.7 Å². The Labute approximate surface area is 115 Å². The fourth-order valence-electron chi connectivity index (χ4n) is 2.83. The third-order valence-corrected chi connectivity index (χ3v) is 5.25. The zero-order valence-corrected chi connectivity index (χ0v) is 12.3. The Morgan fingerprint density at radius 2 is 2.22 bits per heavy atom. The molecule has 3 nitrogen and oxygen atoms in total. The number of carbonyl (C=O) groups excluding carboxylic acids is 1. The van der Waals surface area contributed by atoms with E-state index >= 15 is 0 Å². The fraction of sp³-hybridized carbons (Fsp3) is 0.929. The Kier molecular flexibility index (Phi) is 5.83. The van der Waals surface area contributed by atoms with Crippen LogP contribution in [0.25, 0.3) is 0 Å². The standard InChI is InChI=1S/C14H26N2OS/c1-2-8-15-13-7-5-9-16(14(13)17)11-12-6-3-4-10-18-12/h12-13,15H,2-11H2,1H3. The van der Waals surface area contributed by atoms with Crippen LogP contribution in [0.3, 0.4) is 0 Å². The van der Waals surface area contributed by atoms with Crippen LogP contribution in [0.2, 0.25) is 0 Å². The highest BCUT2D eigenvalue weighted by Gasteiger charge is 2.29. The topological polar surface area (TPSA) is 32.3 Å². The molecule has 2 aliphatic rings. The summed E-state index contributed by atoms with van der Waals surface area (Å²) in [5, 5.41) is 4.08. The van der Waals surface area contributed by atoms with Crippen molar-refractivity contribution in [2.24, 2.45) is 0 Å². The minimum atomic E-state index is 0.0901. The lowest BCUT2D eigenvalue weighted by Gasteiger charge is -2.35. The van der Waals surface area contributed by atoms with E-state index in [1.807, 2.05) is 0 Å². The van der Waals surface area contributed by atoms with Gasteiger partial charge < -0.3 is 10.2 Å². The summed E-state index contributed by atoms with van der Waals surface area (Å²) in [5.74, 6) is 1.63. The number of amides is 1. The molecule has 104 valence electrons. The summed E-state index contributed by atoms with van der Waals surface area (Å²) in [5.41, 5.74) is 0. The van der Waals surface area contributed by atoms with Crippen LogP contribution in [-0.4, -0.2) is 47.5 Å². The number of rotatable bonds is 5. The van der Waals surface area contributed by atoms with E-state index in [-0.39, 0.29) is 6.04 Å². The van der Waals surface area contributed by atoms with Crippen molar-refractivity contribution in [2.45, 2.75) is 56.7 Å². The van der Waals surface area contributed by atoms with Gasteiger partial charge in [-0.1, -0.05) is 13.3 Å². The van der Waals surface area contributed by atoms with Crippen LogP contribution in [0.5, 0.6) is 0 Å². The molecule has 0 aromatic rings. The average molecular weight is 270 g/mol. The van der Waals surface area contributed by atoms with Gasteiger partial charge in [-0.2, -0.15) is 11.8 Å². The van der Waals surface area contributed by atoms with Gasteiger partial charge >= 0.3 is 0 Å². The van der Waals surface area contributed by atoms with Crippen LogP contribution in [-0.2, 0) is 4.79 Å². The van der Waals surface area contributed by atoms with Gasteiger partial charge in [-0.15, -0.1) is 0 Å². The van der Waals surface area contributed by atoms with E-state index in [0.29, 0.717) is 11.2 Å².